The lowest BCUT2D eigenvalue weighted by molar-refractivity contribution is 0.685. The van der Waals surface area contributed by atoms with Gasteiger partial charge in [-0.15, -0.1) is 0 Å². The van der Waals surface area contributed by atoms with Crippen molar-refractivity contribution in [1.82, 2.24) is 0 Å². The van der Waals surface area contributed by atoms with Gasteiger partial charge in [-0.3, -0.25) is 0 Å². The summed E-state index contributed by atoms with van der Waals surface area (Å²) in [6.45, 7) is 0. The Kier molecular flexibility index (Phi) is 15.3. The summed E-state index contributed by atoms with van der Waals surface area (Å²) in [4.78, 5) is 0. The molecule has 0 amide bonds. The number of allylic oxidation sites excluding steroid dienone is 4. The molecule has 0 heterocycles. The highest BCUT2D eigenvalue weighted by Gasteiger charge is 2.08. The van der Waals surface area contributed by atoms with E-state index in [0.29, 0.717) is 0 Å². The predicted octanol–water partition coefficient (Wildman–Crippen LogP) is 14.8. The highest BCUT2D eigenvalue weighted by atomic mass is 14.1. The number of hydrogen-bond donors (Lipinski definition) is 0. The Labute approximate surface area is 348 Å². The zero-order valence-electron chi connectivity index (χ0n) is 34.1. The summed E-state index contributed by atoms with van der Waals surface area (Å²) in [6.07, 6.45) is 28.4. The summed E-state index contributed by atoms with van der Waals surface area (Å²) >= 11 is 0. The smallest absolute Gasteiger partial charge is 0.00882 e. The molecule has 0 atom stereocenters. The normalized spacial score (nSPS) is 14.2. The second-order valence-corrected chi connectivity index (χ2v) is 15.5. The summed E-state index contributed by atoms with van der Waals surface area (Å²) in [5.74, 6) is 0. The van der Waals surface area contributed by atoms with E-state index < -0.39 is 0 Å². The van der Waals surface area contributed by atoms with Crippen molar-refractivity contribution in [3.8, 4) is 0 Å². The van der Waals surface area contributed by atoms with Gasteiger partial charge in [-0.1, -0.05) is 206 Å². The molecule has 5 aliphatic rings. The molecule has 0 radical (unpaired) electrons. The van der Waals surface area contributed by atoms with Crippen molar-refractivity contribution in [2.45, 2.75) is 77.0 Å². The van der Waals surface area contributed by atoms with E-state index in [2.05, 4.69) is 206 Å². The minimum atomic E-state index is 1.12. The van der Waals surface area contributed by atoms with Crippen LogP contribution in [0.5, 0.6) is 0 Å². The van der Waals surface area contributed by atoms with Crippen molar-refractivity contribution in [2.75, 3.05) is 0 Å². The average Bonchev–Trinajstić information content (AvgIpc) is 4.01. The molecule has 0 aromatic heterocycles. The van der Waals surface area contributed by atoms with Crippen LogP contribution in [0.4, 0.5) is 0 Å². The molecule has 0 unspecified atom stereocenters. The average molecular weight is 755 g/mol. The van der Waals surface area contributed by atoms with Gasteiger partial charge in [-0.2, -0.15) is 0 Å². The number of benzene rings is 7. The van der Waals surface area contributed by atoms with Gasteiger partial charge in [0.1, 0.15) is 0 Å². The lowest BCUT2D eigenvalue weighted by Crippen LogP contribution is -2.00. The number of rotatable bonds is 0. The van der Waals surface area contributed by atoms with Crippen LogP contribution in [0.25, 0.3) is 22.9 Å². The lowest BCUT2D eigenvalue weighted by Gasteiger charge is -2.13. The van der Waals surface area contributed by atoms with E-state index in [-0.39, 0.29) is 0 Å². The van der Waals surface area contributed by atoms with Crippen molar-refractivity contribution < 1.29 is 0 Å². The Morgan fingerprint density at radius 1 is 0.241 bits per heavy atom. The first kappa shape index (κ1) is 40.2. The molecule has 0 saturated carbocycles. The SMILES string of the molecule is C1=CCc2ccccc2C1.C1=Cc2ccccc2C1.C1=Cc2ccccc2CC1.c1ccc2c(c1)CCC2.c1ccc2c(c1)CCCC2.c1ccc2ccccc2c1. The van der Waals surface area contributed by atoms with Gasteiger partial charge in [0.2, 0.25) is 0 Å². The summed E-state index contributed by atoms with van der Waals surface area (Å²) in [6, 6.07) is 60.0. The van der Waals surface area contributed by atoms with Crippen molar-refractivity contribution in [1.29, 1.82) is 0 Å². The van der Waals surface area contributed by atoms with Crippen molar-refractivity contribution in [2.24, 2.45) is 0 Å². The van der Waals surface area contributed by atoms with Crippen LogP contribution in [-0.2, 0) is 51.4 Å². The zero-order valence-corrected chi connectivity index (χ0v) is 34.1. The molecule has 0 spiro atoms. The summed E-state index contributed by atoms with van der Waals surface area (Å²) in [7, 11) is 0. The van der Waals surface area contributed by atoms with E-state index in [1.165, 1.54) is 102 Å². The highest BCUT2D eigenvalue weighted by molar-refractivity contribution is 5.82. The van der Waals surface area contributed by atoms with Crippen LogP contribution in [-0.4, -0.2) is 0 Å². The van der Waals surface area contributed by atoms with E-state index >= 15 is 0 Å². The van der Waals surface area contributed by atoms with Gasteiger partial charge >= 0.3 is 0 Å². The third-order valence-electron chi connectivity index (χ3n) is 11.5. The fourth-order valence-corrected chi connectivity index (χ4v) is 8.27. The molecule has 0 nitrogen and oxygen atoms in total. The van der Waals surface area contributed by atoms with Crippen LogP contribution in [0.3, 0.4) is 0 Å². The summed E-state index contributed by atoms with van der Waals surface area (Å²) < 4.78 is 0. The van der Waals surface area contributed by atoms with Crippen LogP contribution in [0.1, 0.15) is 81.3 Å². The topological polar surface area (TPSA) is 0 Å². The molecular weight excluding hydrogens is 697 g/mol. The van der Waals surface area contributed by atoms with Gasteiger partial charge in [0, 0.05) is 0 Å². The van der Waals surface area contributed by atoms with Crippen LogP contribution in [0.15, 0.2) is 194 Å². The minimum Gasteiger partial charge on any atom is -0.0838 e. The standard InChI is InChI=1S/C10H12.2C10H10.C10H8.C9H10.C9H8/c4*1-2-6-10-8-4-3-7-9(10)5-1;2*1-2-5-9-7-3-6-8(9)4-1/h1-2,5-6H,3-4,7-8H2;1-3,5-7H,4,8H2;1-6H,7-8H2;1-8H;1-2,4-5H,3,6-7H2;1-6H,7H2. The molecule has 7 aromatic carbocycles. The van der Waals surface area contributed by atoms with Gasteiger partial charge in [-0.25, -0.2) is 0 Å². The molecule has 0 aliphatic heterocycles. The first-order valence-electron chi connectivity index (χ1n) is 21.6. The number of aryl methyl sites for hydroxylation is 5. The third-order valence-corrected chi connectivity index (χ3v) is 11.5. The maximum Gasteiger partial charge on any atom is -0.00882 e. The minimum absolute atomic E-state index is 1.12. The molecule has 7 aromatic rings. The van der Waals surface area contributed by atoms with Crippen LogP contribution < -0.4 is 0 Å². The maximum absolute atomic E-state index is 2.26. The van der Waals surface area contributed by atoms with E-state index in [0.717, 1.165) is 19.3 Å². The van der Waals surface area contributed by atoms with E-state index in [1.54, 1.807) is 22.3 Å². The Bertz CT molecular complexity index is 2270. The molecule has 12 rings (SSSR count). The van der Waals surface area contributed by atoms with Gasteiger partial charge < -0.3 is 0 Å². The van der Waals surface area contributed by atoms with Crippen LogP contribution in [0.2, 0.25) is 0 Å². The molecular formula is C58H58. The second-order valence-electron chi connectivity index (χ2n) is 15.5. The first-order valence-corrected chi connectivity index (χ1v) is 21.6. The molecule has 0 bridgehead atoms. The molecule has 0 N–H and O–H groups in total. The molecule has 290 valence electrons. The summed E-state index contributed by atoms with van der Waals surface area (Å²) in [5, 5.41) is 2.62. The van der Waals surface area contributed by atoms with E-state index in [9.17, 15) is 0 Å². The van der Waals surface area contributed by atoms with Crippen LogP contribution in [0, 0.1) is 0 Å². The quantitative estimate of drug-likeness (QED) is 0.135. The van der Waals surface area contributed by atoms with Crippen LogP contribution >= 0.6 is 0 Å². The highest BCUT2D eigenvalue weighted by Crippen LogP contribution is 2.22. The van der Waals surface area contributed by atoms with Crippen molar-refractivity contribution >= 4 is 22.9 Å². The largest absolute Gasteiger partial charge is 0.0838 e. The van der Waals surface area contributed by atoms with E-state index in [1.807, 2.05) is 0 Å². The van der Waals surface area contributed by atoms with Gasteiger partial charge in [0.15, 0.2) is 0 Å². The number of hydrogen-bond acceptors (Lipinski definition) is 0. The molecule has 58 heavy (non-hydrogen) atoms. The first-order chi connectivity index (χ1) is 28.8. The van der Waals surface area contributed by atoms with Gasteiger partial charge in [-0.05, 0) is 143 Å². The fraction of sp³-hybridized carbons (Fsp3) is 0.207. The third kappa shape index (κ3) is 12.0. The molecule has 0 heteroatoms. The van der Waals surface area contributed by atoms with Gasteiger partial charge in [0.25, 0.3) is 0 Å². The van der Waals surface area contributed by atoms with Gasteiger partial charge in [0.05, 0.1) is 0 Å². The monoisotopic (exact) mass is 754 g/mol. The zero-order chi connectivity index (χ0) is 39.5. The Morgan fingerprint density at radius 3 is 1.05 bits per heavy atom. The molecule has 0 fully saturated rings. The summed E-state index contributed by atoms with van der Waals surface area (Å²) in [5.41, 5.74) is 15.0. The number of fused-ring (bicyclic) bond motifs is 6. The second kappa shape index (κ2) is 22.1. The molecule has 0 saturated heterocycles. The lowest BCUT2D eigenvalue weighted by atomic mass is 9.92. The Balaban J connectivity index is 0.000000106. The van der Waals surface area contributed by atoms with Crippen molar-refractivity contribution in [3.05, 3.63) is 250 Å². The predicted molar refractivity (Wildman–Crippen MR) is 251 cm³/mol. The maximum atomic E-state index is 2.26. The van der Waals surface area contributed by atoms with E-state index in [4.69, 9.17) is 0 Å². The molecule has 5 aliphatic carbocycles. The Morgan fingerprint density at radius 2 is 0.586 bits per heavy atom. The fourth-order valence-electron chi connectivity index (χ4n) is 8.27. The Hall–Kier alpha value is -5.98. The van der Waals surface area contributed by atoms with Crippen molar-refractivity contribution in [3.63, 3.8) is 0 Å².